The molecule has 21 heavy (non-hydrogen) atoms. The first-order chi connectivity index (χ1) is 10.1. The maximum absolute atomic E-state index is 5.46. The average Bonchev–Trinajstić information content (AvgIpc) is 2.93. The molecule has 0 bridgehead atoms. The van der Waals surface area contributed by atoms with Gasteiger partial charge < -0.3 is 15.0 Å². The lowest BCUT2D eigenvalue weighted by molar-refractivity contribution is 0.288. The molecular formula is C11H17N7OS2. The fourth-order valence-electron chi connectivity index (χ4n) is 1.26. The molecule has 0 fully saturated rings. The smallest absolute Gasteiger partial charge is 0.322 e. The second kappa shape index (κ2) is 7.36. The number of anilines is 2. The Morgan fingerprint density at radius 1 is 1.24 bits per heavy atom. The third-order valence-corrected chi connectivity index (χ3v) is 4.22. The van der Waals surface area contributed by atoms with Crippen LogP contribution >= 0.6 is 23.1 Å². The SMILES string of the molecule is CCCOc1nc(NC)nc(Sc2nnc(N(C)C)s2)n1. The largest absolute Gasteiger partial charge is 0.463 e. The Morgan fingerprint density at radius 2 is 2.05 bits per heavy atom. The van der Waals surface area contributed by atoms with Gasteiger partial charge in [-0.15, -0.1) is 10.2 Å². The Labute approximate surface area is 131 Å². The number of hydrogen-bond donors (Lipinski definition) is 1. The first kappa shape index (κ1) is 15.7. The summed E-state index contributed by atoms with van der Waals surface area (Å²) in [4.78, 5) is 14.6. The molecule has 0 atom stereocenters. The van der Waals surface area contributed by atoms with Crippen molar-refractivity contribution in [2.24, 2.45) is 0 Å². The van der Waals surface area contributed by atoms with E-state index in [2.05, 4.69) is 30.5 Å². The standard InChI is InChI=1S/C11H17N7OS2/c1-5-6-19-8-13-7(12-2)14-9(15-8)20-11-17-16-10(21-11)18(3)4/h5-6H2,1-4H3,(H,12,13,14,15). The molecule has 0 saturated heterocycles. The van der Waals surface area contributed by atoms with E-state index in [4.69, 9.17) is 4.74 Å². The van der Waals surface area contributed by atoms with Crippen LogP contribution in [-0.4, -0.2) is 52.9 Å². The fourth-order valence-corrected chi connectivity index (χ4v) is 2.87. The molecule has 0 aliphatic heterocycles. The van der Waals surface area contributed by atoms with Crippen molar-refractivity contribution in [2.45, 2.75) is 22.8 Å². The topological polar surface area (TPSA) is 88.9 Å². The molecule has 0 aliphatic rings. The second-order valence-corrected chi connectivity index (χ2v) is 6.34. The van der Waals surface area contributed by atoms with E-state index in [0.717, 1.165) is 15.9 Å². The molecule has 0 aromatic carbocycles. The van der Waals surface area contributed by atoms with Crippen molar-refractivity contribution in [2.75, 3.05) is 38.0 Å². The molecule has 0 saturated carbocycles. The highest BCUT2D eigenvalue weighted by atomic mass is 32.2. The Hall–Kier alpha value is -1.68. The number of aromatic nitrogens is 5. The maximum Gasteiger partial charge on any atom is 0.322 e. The fraction of sp³-hybridized carbons (Fsp3) is 0.545. The summed E-state index contributed by atoms with van der Waals surface area (Å²) >= 11 is 2.82. The number of nitrogens with one attached hydrogen (secondary N) is 1. The van der Waals surface area contributed by atoms with Crippen LogP contribution in [0.1, 0.15) is 13.3 Å². The van der Waals surface area contributed by atoms with Crippen molar-refractivity contribution in [3.8, 4) is 6.01 Å². The lowest BCUT2D eigenvalue weighted by Crippen LogP contribution is -2.07. The van der Waals surface area contributed by atoms with Gasteiger partial charge in [0, 0.05) is 21.1 Å². The highest BCUT2D eigenvalue weighted by Gasteiger charge is 2.12. The third-order valence-electron chi connectivity index (χ3n) is 2.21. The van der Waals surface area contributed by atoms with Crippen molar-refractivity contribution < 1.29 is 4.74 Å². The van der Waals surface area contributed by atoms with Crippen LogP contribution < -0.4 is 15.0 Å². The van der Waals surface area contributed by atoms with Gasteiger partial charge in [-0.2, -0.15) is 15.0 Å². The molecule has 2 rings (SSSR count). The number of rotatable bonds is 7. The first-order valence-electron chi connectivity index (χ1n) is 6.37. The molecule has 8 nitrogen and oxygen atoms in total. The molecule has 0 spiro atoms. The number of nitrogens with zero attached hydrogens (tertiary/aromatic N) is 6. The summed E-state index contributed by atoms with van der Waals surface area (Å²) < 4.78 is 6.23. The van der Waals surface area contributed by atoms with E-state index in [1.165, 1.54) is 23.1 Å². The van der Waals surface area contributed by atoms with Crippen LogP contribution in [0, 0.1) is 0 Å². The summed E-state index contributed by atoms with van der Waals surface area (Å²) in [5.74, 6) is 0.468. The van der Waals surface area contributed by atoms with Gasteiger partial charge in [-0.25, -0.2) is 0 Å². The summed E-state index contributed by atoms with van der Waals surface area (Å²) in [6.45, 7) is 2.60. The van der Waals surface area contributed by atoms with Crippen molar-refractivity contribution in [3.63, 3.8) is 0 Å². The summed E-state index contributed by atoms with van der Waals surface area (Å²) in [5.41, 5.74) is 0. The van der Waals surface area contributed by atoms with Gasteiger partial charge in [0.25, 0.3) is 0 Å². The van der Waals surface area contributed by atoms with E-state index < -0.39 is 0 Å². The molecular weight excluding hydrogens is 310 g/mol. The van der Waals surface area contributed by atoms with Crippen molar-refractivity contribution in [3.05, 3.63) is 0 Å². The molecule has 2 aromatic rings. The molecule has 114 valence electrons. The first-order valence-corrected chi connectivity index (χ1v) is 8.01. The highest BCUT2D eigenvalue weighted by molar-refractivity contribution is 8.00. The zero-order chi connectivity index (χ0) is 15.2. The van der Waals surface area contributed by atoms with E-state index in [0.29, 0.717) is 23.7 Å². The third kappa shape index (κ3) is 4.39. The van der Waals surface area contributed by atoms with E-state index in [-0.39, 0.29) is 0 Å². The van der Waals surface area contributed by atoms with Gasteiger partial charge in [0.15, 0.2) is 4.34 Å². The van der Waals surface area contributed by atoms with E-state index in [1.807, 2.05) is 25.9 Å². The summed E-state index contributed by atoms with van der Waals surface area (Å²) in [6.07, 6.45) is 0.894. The monoisotopic (exact) mass is 327 g/mol. The Kier molecular flexibility index (Phi) is 5.51. The van der Waals surface area contributed by atoms with Gasteiger partial charge >= 0.3 is 6.01 Å². The van der Waals surface area contributed by atoms with Crippen LogP contribution in [0.4, 0.5) is 11.1 Å². The van der Waals surface area contributed by atoms with Crippen molar-refractivity contribution in [1.82, 2.24) is 25.1 Å². The normalized spacial score (nSPS) is 10.5. The maximum atomic E-state index is 5.46. The summed E-state index contributed by atoms with van der Waals surface area (Å²) in [5, 5.41) is 12.5. The van der Waals surface area contributed by atoms with Crippen LogP contribution in [-0.2, 0) is 0 Å². The minimum absolute atomic E-state index is 0.316. The van der Waals surface area contributed by atoms with Crippen LogP contribution in [0.3, 0.4) is 0 Å². The van der Waals surface area contributed by atoms with Gasteiger partial charge in [-0.3, -0.25) is 0 Å². The number of hydrogen-bond acceptors (Lipinski definition) is 10. The van der Waals surface area contributed by atoms with E-state index in [1.54, 1.807) is 7.05 Å². The van der Waals surface area contributed by atoms with Gasteiger partial charge in [0.2, 0.25) is 16.2 Å². The van der Waals surface area contributed by atoms with Crippen LogP contribution in [0.2, 0.25) is 0 Å². The average molecular weight is 327 g/mol. The zero-order valence-corrected chi connectivity index (χ0v) is 14.0. The Balaban J connectivity index is 2.17. The van der Waals surface area contributed by atoms with Gasteiger partial charge in [-0.1, -0.05) is 18.3 Å². The summed E-state index contributed by atoms with van der Waals surface area (Å²) in [7, 11) is 5.60. The van der Waals surface area contributed by atoms with Gasteiger partial charge in [0.1, 0.15) is 0 Å². The Morgan fingerprint density at radius 3 is 2.67 bits per heavy atom. The minimum atomic E-state index is 0.316. The van der Waals surface area contributed by atoms with E-state index >= 15 is 0 Å². The highest BCUT2D eigenvalue weighted by Crippen LogP contribution is 2.31. The minimum Gasteiger partial charge on any atom is -0.463 e. The number of ether oxygens (including phenoxy) is 1. The molecule has 1 N–H and O–H groups in total. The molecule has 0 radical (unpaired) electrons. The van der Waals surface area contributed by atoms with Crippen molar-refractivity contribution >= 4 is 34.2 Å². The van der Waals surface area contributed by atoms with Crippen LogP contribution in [0.25, 0.3) is 0 Å². The van der Waals surface area contributed by atoms with Crippen LogP contribution in [0.15, 0.2) is 9.50 Å². The predicted molar refractivity (Wildman–Crippen MR) is 83.5 cm³/mol. The molecule has 2 aromatic heterocycles. The van der Waals surface area contributed by atoms with Crippen molar-refractivity contribution in [1.29, 1.82) is 0 Å². The quantitative estimate of drug-likeness (QED) is 0.817. The lowest BCUT2D eigenvalue weighted by atomic mass is 10.5. The van der Waals surface area contributed by atoms with Gasteiger partial charge in [-0.05, 0) is 18.2 Å². The van der Waals surface area contributed by atoms with Crippen LogP contribution in [0.5, 0.6) is 6.01 Å². The molecule has 10 heteroatoms. The Bertz CT molecular complexity index is 590. The lowest BCUT2D eigenvalue weighted by Gasteiger charge is -2.06. The second-order valence-electron chi connectivity index (χ2n) is 4.17. The molecule has 0 amide bonds. The molecule has 2 heterocycles. The molecule has 0 unspecified atom stereocenters. The summed E-state index contributed by atoms with van der Waals surface area (Å²) in [6, 6.07) is 0.316. The van der Waals surface area contributed by atoms with Gasteiger partial charge in [0.05, 0.1) is 6.61 Å². The zero-order valence-electron chi connectivity index (χ0n) is 12.3. The predicted octanol–water partition coefficient (Wildman–Crippen LogP) is 1.77. The van der Waals surface area contributed by atoms with E-state index in [9.17, 15) is 0 Å². The molecule has 0 aliphatic carbocycles.